The molecule has 0 radical (unpaired) electrons. The molecular weight excluding hydrogens is 318 g/mol. The summed E-state index contributed by atoms with van der Waals surface area (Å²) < 4.78 is 3.72. The molecule has 1 aliphatic rings. The Hall–Kier alpha value is -1.46. The Morgan fingerprint density at radius 2 is 2.00 bits per heavy atom. The highest BCUT2D eigenvalue weighted by molar-refractivity contribution is 7.99. The standard InChI is InChI=1S/C19H27N3OS/c1-4-24-17-11-10-15(12-17)20-13-18-14(2)21(3)22(19(18)23)16-8-6-5-7-9-16/h5-9,15,17,20H,4,10-13H2,1-3H3/t15-,17+/m1/s1. The van der Waals surface area contributed by atoms with Crippen LogP contribution in [0.1, 0.15) is 37.4 Å². The summed E-state index contributed by atoms with van der Waals surface area (Å²) in [5.74, 6) is 1.19. The van der Waals surface area contributed by atoms with Gasteiger partial charge in [0.25, 0.3) is 5.56 Å². The van der Waals surface area contributed by atoms with Crippen LogP contribution in [0.3, 0.4) is 0 Å². The van der Waals surface area contributed by atoms with Crippen LogP contribution in [0.15, 0.2) is 35.1 Å². The molecule has 0 saturated heterocycles. The predicted octanol–water partition coefficient (Wildman–Crippen LogP) is 3.25. The summed E-state index contributed by atoms with van der Waals surface area (Å²) in [5, 5.41) is 4.40. The molecule has 1 heterocycles. The number of nitrogens with one attached hydrogen (secondary N) is 1. The summed E-state index contributed by atoms with van der Waals surface area (Å²) in [7, 11) is 1.96. The third kappa shape index (κ3) is 3.47. The zero-order valence-corrected chi connectivity index (χ0v) is 15.6. The fourth-order valence-corrected chi connectivity index (χ4v) is 4.73. The largest absolute Gasteiger partial charge is 0.310 e. The maximum absolute atomic E-state index is 12.9. The first kappa shape index (κ1) is 17.4. The van der Waals surface area contributed by atoms with Crippen LogP contribution in [0.2, 0.25) is 0 Å². The number of para-hydroxylation sites is 1. The molecule has 0 unspecified atom stereocenters. The lowest BCUT2D eigenvalue weighted by Gasteiger charge is -2.12. The van der Waals surface area contributed by atoms with Gasteiger partial charge in [-0.1, -0.05) is 25.1 Å². The summed E-state index contributed by atoms with van der Waals surface area (Å²) in [6.07, 6.45) is 3.73. The molecule has 1 aromatic carbocycles. The summed E-state index contributed by atoms with van der Waals surface area (Å²) in [5.41, 5.74) is 2.92. The number of hydrogen-bond donors (Lipinski definition) is 1. The van der Waals surface area contributed by atoms with Gasteiger partial charge in [-0.15, -0.1) is 0 Å². The monoisotopic (exact) mass is 345 g/mol. The number of hydrogen-bond acceptors (Lipinski definition) is 3. The summed E-state index contributed by atoms with van der Waals surface area (Å²) in [6.45, 7) is 4.92. The minimum Gasteiger partial charge on any atom is -0.310 e. The lowest BCUT2D eigenvalue weighted by molar-refractivity contribution is 0.523. The molecule has 2 aromatic rings. The molecule has 1 aromatic heterocycles. The van der Waals surface area contributed by atoms with Crippen molar-refractivity contribution in [3.63, 3.8) is 0 Å². The Kier molecular flexibility index (Phi) is 5.51. The third-order valence-corrected chi connectivity index (χ3v) is 6.26. The van der Waals surface area contributed by atoms with E-state index in [9.17, 15) is 4.79 Å². The lowest BCUT2D eigenvalue weighted by Crippen LogP contribution is -2.29. The van der Waals surface area contributed by atoms with Crippen LogP contribution in [-0.2, 0) is 13.6 Å². The molecule has 3 rings (SSSR count). The van der Waals surface area contributed by atoms with Crippen molar-refractivity contribution in [1.82, 2.24) is 14.7 Å². The van der Waals surface area contributed by atoms with Crippen LogP contribution in [0.25, 0.3) is 5.69 Å². The number of benzene rings is 1. The van der Waals surface area contributed by atoms with Crippen molar-refractivity contribution in [2.75, 3.05) is 5.75 Å². The fraction of sp³-hybridized carbons (Fsp3) is 0.526. The normalized spacial score (nSPS) is 20.6. The Morgan fingerprint density at radius 3 is 2.71 bits per heavy atom. The molecule has 2 atom stereocenters. The van der Waals surface area contributed by atoms with E-state index in [1.165, 1.54) is 25.0 Å². The SMILES string of the molecule is CCS[C@H]1CC[C@@H](NCc2c(C)n(C)n(-c3ccccc3)c2=O)C1. The van der Waals surface area contributed by atoms with Crippen LogP contribution in [0, 0.1) is 6.92 Å². The van der Waals surface area contributed by atoms with Crippen molar-refractivity contribution in [3.05, 3.63) is 51.9 Å². The van der Waals surface area contributed by atoms with Crippen molar-refractivity contribution in [2.45, 2.75) is 50.9 Å². The first-order chi connectivity index (χ1) is 11.6. The summed E-state index contributed by atoms with van der Waals surface area (Å²) >= 11 is 2.06. The Balaban J connectivity index is 1.74. The molecule has 5 heteroatoms. The minimum absolute atomic E-state index is 0.0891. The van der Waals surface area contributed by atoms with Gasteiger partial charge in [-0.3, -0.25) is 9.48 Å². The maximum Gasteiger partial charge on any atom is 0.276 e. The first-order valence-corrected chi connectivity index (χ1v) is 9.84. The average molecular weight is 346 g/mol. The second-order valence-corrected chi connectivity index (χ2v) is 8.09. The smallest absolute Gasteiger partial charge is 0.276 e. The zero-order valence-electron chi connectivity index (χ0n) is 14.8. The number of aromatic nitrogens is 2. The summed E-state index contributed by atoms with van der Waals surface area (Å²) in [6, 6.07) is 10.4. The Morgan fingerprint density at radius 1 is 1.25 bits per heavy atom. The number of thioether (sulfide) groups is 1. The van der Waals surface area contributed by atoms with Gasteiger partial charge < -0.3 is 5.32 Å². The van der Waals surface area contributed by atoms with Gasteiger partial charge in [0, 0.05) is 30.6 Å². The molecule has 4 nitrogen and oxygen atoms in total. The lowest BCUT2D eigenvalue weighted by atomic mass is 10.2. The molecule has 1 fully saturated rings. The van der Waals surface area contributed by atoms with Crippen molar-refractivity contribution in [2.24, 2.45) is 7.05 Å². The average Bonchev–Trinajstić information content (AvgIpc) is 3.11. The molecule has 1 saturated carbocycles. The van der Waals surface area contributed by atoms with Crippen LogP contribution in [-0.4, -0.2) is 26.4 Å². The molecule has 0 bridgehead atoms. The maximum atomic E-state index is 12.9. The molecule has 1 N–H and O–H groups in total. The van der Waals surface area contributed by atoms with Crippen LogP contribution < -0.4 is 10.9 Å². The number of nitrogens with zero attached hydrogens (tertiary/aromatic N) is 2. The van der Waals surface area contributed by atoms with Gasteiger partial charge in [-0.05, 0) is 44.1 Å². The van der Waals surface area contributed by atoms with Gasteiger partial charge in [0.15, 0.2) is 0 Å². The summed E-state index contributed by atoms with van der Waals surface area (Å²) in [4.78, 5) is 12.9. The van der Waals surface area contributed by atoms with E-state index in [1.807, 2.05) is 49.0 Å². The second-order valence-electron chi connectivity index (χ2n) is 6.51. The van der Waals surface area contributed by atoms with Crippen LogP contribution in [0.4, 0.5) is 0 Å². The van der Waals surface area contributed by atoms with E-state index < -0.39 is 0 Å². The zero-order chi connectivity index (χ0) is 17.1. The van der Waals surface area contributed by atoms with E-state index in [4.69, 9.17) is 0 Å². The van der Waals surface area contributed by atoms with Gasteiger partial charge in [0.2, 0.25) is 0 Å². The van der Waals surface area contributed by atoms with Gasteiger partial charge >= 0.3 is 0 Å². The van der Waals surface area contributed by atoms with Crippen molar-refractivity contribution in [1.29, 1.82) is 0 Å². The van der Waals surface area contributed by atoms with Gasteiger partial charge in [-0.25, -0.2) is 4.68 Å². The van der Waals surface area contributed by atoms with Crippen molar-refractivity contribution < 1.29 is 0 Å². The molecule has 0 amide bonds. The minimum atomic E-state index is 0.0891. The van der Waals surface area contributed by atoms with Crippen LogP contribution >= 0.6 is 11.8 Å². The van der Waals surface area contributed by atoms with E-state index in [-0.39, 0.29) is 5.56 Å². The molecule has 0 aliphatic heterocycles. The topological polar surface area (TPSA) is 39.0 Å². The van der Waals surface area contributed by atoms with Crippen molar-refractivity contribution >= 4 is 11.8 Å². The predicted molar refractivity (Wildman–Crippen MR) is 102 cm³/mol. The molecule has 130 valence electrons. The van der Waals surface area contributed by atoms with E-state index in [2.05, 4.69) is 24.0 Å². The molecule has 0 spiro atoms. The third-order valence-electron chi connectivity index (χ3n) is 5.03. The van der Waals surface area contributed by atoms with Crippen LogP contribution in [0.5, 0.6) is 0 Å². The van der Waals surface area contributed by atoms with E-state index >= 15 is 0 Å². The highest BCUT2D eigenvalue weighted by Gasteiger charge is 2.25. The second kappa shape index (κ2) is 7.62. The fourth-order valence-electron chi connectivity index (χ4n) is 3.59. The Bertz CT molecular complexity index is 735. The van der Waals surface area contributed by atoms with Crippen molar-refractivity contribution in [3.8, 4) is 5.69 Å². The molecular formula is C19H27N3OS. The van der Waals surface area contributed by atoms with Gasteiger partial charge in [0.1, 0.15) is 0 Å². The number of rotatable bonds is 6. The highest BCUT2D eigenvalue weighted by Crippen LogP contribution is 2.29. The van der Waals surface area contributed by atoms with Gasteiger partial charge in [0.05, 0.1) is 11.3 Å². The van der Waals surface area contributed by atoms with E-state index in [1.54, 1.807) is 4.68 Å². The van der Waals surface area contributed by atoms with E-state index in [0.717, 1.165) is 22.2 Å². The molecule has 24 heavy (non-hydrogen) atoms. The van der Waals surface area contributed by atoms with Gasteiger partial charge in [-0.2, -0.15) is 11.8 Å². The van der Waals surface area contributed by atoms with E-state index in [0.29, 0.717) is 12.6 Å². The quantitative estimate of drug-likeness (QED) is 0.873. The Labute approximate surface area is 148 Å². The molecule has 1 aliphatic carbocycles. The first-order valence-electron chi connectivity index (χ1n) is 8.79. The highest BCUT2D eigenvalue weighted by atomic mass is 32.2.